The molecule has 0 unspecified atom stereocenters. The maximum absolute atomic E-state index is 12.6. The van der Waals surface area contributed by atoms with Gasteiger partial charge in [-0.05, 0) is 49.2 Å². The van der Waals surface area contributed by atoms with E-state index in [0.717, 1.165) is 11.3 Å². The van der Waals surface area contributed by atoms with Crippen LogP contribution in [0.15, 0.2) is 54.2 Å². The number of anilines is 1. The van der Waals surface area contributed by atoms with Gasteiger partial charge in [-0.1, -0.05) is 11.6 Å². The van der Waals surface area contributed by atoms with Gasteiger partial charge in [-0.2, -0.15) is 0 Å². The molecule has 148 valence electrons. The van der Waals surface area contributed by atoms with Gasteiger partial charge in [0.1, 0.15) is 0 Å². The number of carbonyl (C=O) groups is 2. The van der Waals surface area contributed by atoms with E-state index in [1.807, 2.05) is 17.5 Å². The van der Waals surface area contributed by atoms with Crippen LogP contribution in [0.3, 0.4) is 0 Å². The van der Waals surface area contributed by atoms with Gasteiger partial charge in [0.25, 0.3) is 5.91 Å². The van der Waals surface area contributed by atoms with Crippen LogP contribution in [0.2, 0.25) is 5.02 Å². The van der Waals surface area contributed by atoms with Crippen molar-refractivity contribution in [3.63, 3.8) is 0 Å². The van der Waals surface area contributed by atoms with Crippen molar-refractivity contribution < 1.29 is 9.59 Å². The second-order valence-corrected chi connectivity index (χ2v) is 8.14. The van der Waals surface area contributed by atoms with Gasteiger partial charge in [-0.25, -0.2) is 4.98 Å². The minimum Gasteiger partial charge on any atom is -0.339 e. The number of pyridine rings is 1. The topological polar surface area (TPSA) is 75.2 Å². The number of nitrogens with zero attached hydrogens (tertiary/aromatic N) is 3. The number of carbonyl (C=O) groups excluding carboxylic acids is 2. The molecule has 1 aromatic carbocycles. The van der Waals surface area contributed by atoms with Gasteiger partial charge >= 0.3 is 0 Å². The molecular weight excluding hydrogens is 408 g/mol. The van der Waals surface area contributed by atoms with Crippen LogP contribution in [0.1, 0.15) is 23.2 Å². The molecule has 0 atom stereocenters. The van der Waals surface area contributed by atoms with Crippen molar-refractivity contribution in [1.29, 1.82) is 0 Å². The molecule has 1 saturated heterocycles. The zero-order chi connectivity index (χ0) is 20.2. The summed E-state index contributed by atoms with van der Waals surface area (Å²) in [5.41, 5.74) is 2.32. The minimum atomic E-state index is -0.130. The third-order valence-corrected chi connectivity index (χ3v) is 5.95. The molecule has 3 aromatic rings. The van der Waals surface area contributed by atoms with Crippen molar-refractivity contribution in [2.45, 2.75) is 12.8 Å². The number of hydrogen-bond acceptors (Lipinski definition) is 5. The smallest absolute Gasteiger partial charge is 0.253 e. The summed E-state index contributed by atoms with van der Waals surface area (Å²) in [6, 6.07) is 10.7. The Kier molecular flexibility index (Phi) is 5.87. The third-order valence-electron chi connectivity index (χ3n) is 4.94. The van der Waals surface area contributed by atoms with Crippen molar-refractivity contribution in [2.24, 2.45) is 5.92 Å². The van der Waals surface area contributed by atoms with Crippen LogP contribution in [0.5, 0.6) is 0 Å². The summed E-state index contributed by atoms with van der Waals surface area (Å²) in [6.07, 6.45) is 4.72. The van der Waals surface area contributed by atoms with E-state index in [4.69, 9.17) is 11.6 Å². The fraction of sp³-hybridized carbons (Fsp3) is 0.238. The summed E-state index contributed by atoms with van der Waals surface area (Å²) in [5.74, 6) is -0.202. The first-order valence-corrected chi connectivity index (χ1v) is 10.6. The first-order valence-electron chi connectivity index (χ1n) is 9.32. The highest BCUT2D eigenvalue weighted by Crippen LogP contribution is 2.26. The molecule has 3 heterocycles. The highest BCUT2D eigenvalue weighted by atomic mass is 35.5. The van der Waals surface area contributed by atoms with Gasteiger partial charge in [0.15, 0.2) is 5.13 Å². The predicted octanol–water partition coefficient (Wildman–Crippen LogP) is 4.35. The molecule has 1 N–H and O–H groups in total. The number of hydrogen-bond donors (Lipinski definition) is 1. The molecule has 1 aliphatic heterocycles. The number of nitrogens with one attached hydrogen (secondary N) is 1. The Morgan fingerprint density at radius 1 is 1.14 bits per heavy atom. The predicted molar refractivity (Wildman–Crippen MR) is 114 cm³/mol. The number of benzene rings is 1. The van der Waals surface area contributed by atoms with Crippen molar-refractivity contribution >= 4 is 39.9 Å². The van der Waals surface area contributed by atoms with Gasteiger partial charge in [-0.3, -0.25) is 14.6 Å². The molecule has 0 radical (unpaired) electrons. The highest BCUT2D eigenvalue weighted by molar-refractivity contribution is 7.14. The van der Waals surface area contributed by atoms with Crippen LogP contribution in [-0.2, 0) is 4.79 Å². The zero-order valence-electron chi connectivity index (χ0n) is 15.5. The van der Waals surface area contributed by atoms with Crippen LogP contribution in [-0.4, -0.2) is 39.8 Å². The fourth-order valence-electron chi connectivity index (χ4n) is 3.31. The van der Waals surface area contributed by atoms with Gasteiger partial charge in [0.2, 0.25) is 5.91 Å². The van der Waals surface area contributed by atoms with Gasteiger partial charge in [0, 0.05) is 52.9 Å². The Balaban J connectivity index is 1.32. The van der Waals surface area contributed by atoms with Gasteiger partial charge in [-0.15, -0.1) is 11.3 Å². The minimum absolute atomic E-state index is 0.0263. The molecule has 0 bridgehead atoms. The molecule has 6 nitrogen and oxygen atoms in total. The first-order chi connectivity index (χ1) is 14.1. The van der Waals surface area contributed by atoms with Crippen molar-refractivity contribution in [2.75, 3.05) is 18.4 Å². The molecule has 2 aromatic heterocycles. The summed E-state index contributed by atoms with van der Waals surface area (Å²) in [5, 5.41) is 6.00. The molecule has 0 spiro atoms. The second-order valence-electron chi connectivity index (χ2n) is 6.84. The first kappa shape index (κ1) is 19.5. The number of thiazole rings is 1. The molecule has 0 aliphatic carbocycles. The standard InChI is InChI=1S/C21H19ClN4O2S/c22-17-5-3-15(4-6-17)20(28)26-10-7-14(8-11-26)19(27)25-21-24-18(13-29-21)16-2-1-9-23-12-16/h1-6,9,12-14H,7-8,10-11H2,(H,24,25,27). The number of aromatic nitrogens is 2. The Morgan fingerprint density at radius 3 is 2.59 bits per heavy atom. The molecular formula is C21H19ClN4O2S. The van der Waals surface area contributed by atoms with Crippen molar-refractivity contribution in [3.8, 4) is 11.3 Å². The number of piperidine rings is 1. The van der Waals surface area contributed by atoms with Crippen molar-refractivity contribution in [1.82, 2.24) is 14.9 Å². The van der Waals surface area contributed by atoms with E-state index in [1.165, 1.54) is 11.3 Å². The summed E-state index contributed by atoms with van der Waals surface area (Å²) in [6.45, 7) is 1.11. The van der Waals surface area contributed by atoms with Crippen LogP contribution >= 0.6 is 22.9 Å². The van der Waals surface area contributed by atoms with Crippen molar-refractivity contribution in [3.05, 3.63) is 64.8 Å². The summed E-state index contributed by atoms with van der Waals surface area (Å²) < 4.78 is 0. The normalized spacial score (nSPS) is 14.6. The molecule has 1 fully saturated rings. The van der Waals surface area contributed by atoms with Crippen LogP contribution in [0.25, 0.3) is 11.3 Å². The largest absolute Gasteiger partial charge is 0.339 e. The van der Waals surface area contributed by atoms with Crippen LogP contribution < -0.4 is 5.32 Å². The van der Waals surface area contributed by atoms with E-state index in [2.05, 4.69) is 15.3 Å². The van der Waals surface area contributed by atoms with Crippen LogP contribution in [0, 0.1) is 5.92 Å². The van der Waals surface area contributed by atoms with Crippen LogP contribution in [0.4, 0.5) is 5.13 Å². The Bertz CT molecular complexity index is 999. The molecule has 2 amide bonds. The molecule has 4 rings (SSSR count). The SMILES string of the molecule is O=C(Nc1nc(-c2cccnc2)cs1)C1CCN(C(=O)c2ccc(Cl)cc2)CC1. The summed E-state index contributed by atoms with van der Waals surface area (Å²) in [4.78, 5) is 35.6. The Labute approximate surface area is 177 Å². The van der Waals surface area contributed by atoms with E-state index < -0.39 is 0 Å². The van der Waals surface area contributed by atoms with Gasteiger partial charge in [0.05, 0.1) is 5.69 Å². The number of halogens is 1. The van der Waals surface area contributed by atoms with E-state index in [-0.39, 0.29) is 17.7 Å². The Morgan fingerprint density at radius 2 is 1.90 bits per heavy atom. The number of rotatable bonds is 4. The maximum Gasteiger partial charge on any atom is 0.253 e. The Hall–Kier alpha value is -2.77. The van der Waals surface area contributed by atoms with E-state index in [0.29, 0.717) is 41.6 Å². The fourth-order valence-corrected chi connectivity index (χ4v) is 4.15. The highest BCUT2D eigenvalue weighted by Gasteiger charge is 2.28. The average molecular weight is 427 g/mol. The zero-order valence-corrected chi connectivity index (χ0v) is 17.1. The van der Waals surface area contributed by atoms with E-state index >= 15 is 0 Å². The lowest BCUT2D eigenvalue weighted by molar-refractivity contribution is -0.121. The third kappa shape index (κ3) is 4.63. The molecule has 0 saturated carbocycles. The lowest BCUT2D eigenvalue weighted by Gasteiger charge is -2.31. The monoisotopic (exact) mass is 426 g/mol. The number of amides is 2. The van der Waals surface area contributed by atoms with E-state index in [9.17, 15) is 9.59 Å². The summed E-state index contributed by atoms with van der Waals surface area (Å²) >= 11 is 7.28. The lowest BCUT2D eigenvalue weighted by Crippen LogP contribution is -2.41. The van der Waals surface area contributed by atoms with Gasteiger partial charge < -0.3 is 10.2 Å². The molecule has 29 heavy (non-hydrogen) atoms. The lowest BCUT2D eigenvalue weighted by atomic mass is 9.95. The molecule has 8 heteroatoms. The summed E-state index contributed by atoms with van der Waals surface area (Å²) in [7, 11) is 0. The second kappa shape index (κ2) is 8.71. The quantitative estimate of drug-likeness (QED) is 0.673. The maximum atomic E-state index is 12.6. The number of likely N-dealkylation sites (tertiary alicyclic amines) is 1. The average Bonchev–Trinajstić information content (AvgIpc) is 3.23. The molecule has 1 aliphatic rings. The van der Waals surface area contributed by atoms with E-state index in [1.54, 1.807) is 41.6 Å².